The van der Waals surface area contributed by atoms with E-state index in [0.29, 0.717) is 25.7 Å². The highest BCUT2D eigenvalue weighted by molar-refractivity contribution is 7.47. The van der Waals surface area contributed by atoms with Crippen LogP contribution in [0.1, 0.15) is 362 Å². The van der Waals surface area contributed by atoms with Crippen LogP contribution in [0.4, 0.5) is 0 Å². The Labute approximate surface area is 621 Å². The summed E-state index contributed by atoms with van der Waals surface area (Å²) >= 11 is 0. The standard InChI is InChI=1S/C83H148O17P2/c1-5-9-13-17-21-25-29-33-36-37-38-39-42-44-48-52-56-60-64-68-81(86)94-74-79(100-83(88)70-66-62-58-54-50-46-41-35-31-27-23-19-15-11-7-3)76-98-102(91,92)96-72-77(84)71-95-101(89,90)97-75-78(73-93-80(85)67-63-59-55-51-47-43-32-28-24-20-16-12-8-4)99-82(87)69-65-61-57-53-49-45-40-34-30-26-22-18-14-10-6-2/h9,13,21,25,33-36,38-41,44,48,77-79,84H,5-8,10-12,14-20,22-24,26-32,37,42-43,45-47,49-76H2,1-4H3,(H,89,90)(H,91,92)/b13-9-,25-21-,36-33-,39-38-,40-34-,41-35-,48-44-/t77-,78+,79+/m0/s1. The third-order valence-electron chi connectivity index (χ3n) is 17.3. The smallest absolute Gasteiger partial charge is 0.462 e. The van der Waals surface area contributed by atoms with Gasteiger partial charge in [0.2, 0.25) is 0 Å². The topological polar surface area (TPSA) is 237 Å². The molecular formula is C83H148O17P2. The van der Waals surface area contributed by atoms with Gasteiger partial charge in [0.1, 0.15) is 19.3 Å². The van der Waals surface area contributed by atoms with Crippen LogP contribution in [0.25, 0.3) is 0 Å². The Kier molecular flexibility index (Phi) is 72.7. The van der Waals surface area contributed by atoms with E-state index in [1.54, 1.807) is 0 Å². The Balaban J connectivity index is 5.37. The van der Waals surface area contributed by atoms with E-state index in [9.17, 15) is 43.2 Å². The molecule has 0 bridgehead atoms. The van der Waals surface area contributed by atoms with E-state index in [2.05, 4.69) is 113 Å². The fourth-order valence-electron chi connectivity index (χ4n) is 11.1. The number of esters is 4. The first-order chi connectivity index (χ1) is 49.7. The molecule has 102 heavy (non-hydrogen) atoms. The van der Waals surface area contributed by atoms with Crippen LogP contribution < -0.4 is 0 Å². The molecule has 0 saturated heterocycles. The maximum atomic E-state index is 13.1. The summed E-state index contributed by atoms with van der Waals surface area (Å²) in [4.78, 5) is 73.0. The highest BCUT2D eigenvalue weighted by Crippen LogP contribution is 2.45. The molecule has 0 spiro atoms. The summed E-state index contributed by atoms with van der Waals surface area (Å²) in [6, 6.07) is 0. The summed E-state index contributed by atoms with van der Waals surface area (Å²) < 4.78 is 68.6. The van der Waals surface area contributed by atoms with Gasteiger partial charge in [-0.05, 0) is 122 Å². The van der Waals surface area contributed by atoms with Crippen LogP contribution in [0.3, 0.4) is 0 Å². The molecule has 0 aromatic heterocycles. The van der Waals surface area contributed by atoms with Crippen molar-refractivity contribution in [3.63, 3.8) is 0 Å². The number of allylic oxidation sites excluding steroid dienone is 14. The maximum absolute atomic E-state index is 13.1. The van der Waals surface area contributed by atoms with Crippen molar-refractivity contribution < 1.29 is 80.2 Å². The Bertz CT molecular complexity index is 2260. The van der Waals surface area contributed by atoms with E-state index < -0.39 is 97.5 Å². The van der Waals surface area contributed by atoms with Crippen molar-refractivity contribution in [3.05, 3.63) is 85.1 Å². The van der Waals surface area contributed by atoms with Crippen LogP contribution in [0.15, 0.2) is 85.1 Å². The molecule has 0 rings (SSSR count). The number of hydrogen-bond donors (Lipinski definition) is 3. The van der Waals surface area contributed by atoms with Crippen molar-refractivity contribution in [2.75, 3.05) is 39.6 Å². The molecule has 3 N–H and O–H groups in total. The van der Waals surface area contributed by atoms with Gasteiger partial charge in [-0.2, -0.15) is 0 Å². The summed E-state index contributed by atoms with van der Waals surface area (Å²) in [5.41, 5.74) is 0. The molecular weight excluding hydrogens is 1330 g/mol. The number of carbonyl (C=O) groups excluding carboxylic acids is 4. The molecule has 0 aliphatic heterocycles. The van der Waals surface area contributed by atoms with E-state index in [-0.39, 0.29) is 25.7 Å². The summed E-state index contributed by atoms with van der Waals surface area (Å²) in [6.45, 7) is 4.76. The molecule has 5 atom stereocenters. The van der Waals surface area contributed by atoms with E-state index in [4.69, 9.17) is 37.0 Å². The minimum absolute atomic E-state index is 0.0787. The number of rotatable bonds is 77. The molecule has 0 fully saturated rings. The van der Waals surface area contributed by atoms with Gasteiger partial charge in [-0.1, -0.05) is 299 Å². The fraction of sp³-hybridized carbons (Fsp3) is 0.783. The molecule has 0 amide bonds. The third kappa shape index (κ3) is 74.5. The van der Waals surface area contributed by atoms with Gasteiger partial charge >= 0.3 is 39.5 Å². The molecule has 0 heterocycles. The van der Waals surface area contributed by atoms with Crippen molar-refractivity contribution in [1.82, 2.24) is 0 Å². The number of ether oxygens (including phenoxy) is 4. The Morgan fingerprint density at radius 1 is 0.284 bits per heavy atom. The normalized spacial score (nSPS) is 14.3. The van der Waals surface area contributed by atoms with Gasteiger partial charge in [0, 0.05) is 25.7 Å². The van der Waals surface area contributed by atoms with Gasteiger partial charge in [-0.3, -0.25) is 37.3 Å². The molecule has 0 saturated carbocycles. The monoisotopic (exact) mass is 1480 g/mol. The Morgan fingerprint density at radius 3 is 0.804 bits per heavy atom. The predicted molar refractivity (Wildman–Crippen MR) is 418 cm³/mol. The van der Waals surface area contributed by atoms with Crippen molar-refractivity contribution in [3.8, 4) is 0 Å². The molecule has 17 nitrogen and oxygen atoms in total. The third-order valence-corrected chi connectivity index (χ3v) is 19.2. The van der Waals surface area contributed by atoms with Crippen LogP contribution in [0.2, 0.25) is 0 Å². The second-order valence-electron chi connectivity index (χ2n) is 27.3. The van der Waals surface area contributed by atoms with E-state index in [1.807, 2.05) is 0 Å². The van der Waals surface area contributed by atoms with Gasteiger partial charge in [-0.15, -0.1) is 0 Å². The first-order valence-electron chi connectivity index (χ1n) is 40.8. The van der Waals surface area contributed by atoms with Crippen LogP contribution in [-0.2, 0) is 65.4 Å². The number of aliphatic hydroxyl groups excluding tert-OH is 1. The van der Waals surface area contributed by atoms with Crippen molar-refractivity contribution in [2.24, 2.45) is 0 Å². The van der Waals surface area contributed by atoms with E-state index in [1.165, 1.54) is 135 Å². The molecule has 0 aliphatic carbocycles. The molecule has 2 unspecified atom stereocenters. The predicted octanol–water partition coefficient (Wildman–Crippen LogP) is 23.8. The lowest BCUT2D eigenvalue weighted by Gasteiger charge is -2.21. The second kappa shape index (κ2) is 75.5. The first-order valence-corrected chi connectivity index (χ1v) is 43.8. The van der Waals surface area contributed by atoms with Gasteiger partial charge in [-0.25, -0.2) is 9.13 Å². The zero-order valence-electron chi connectivity index (χ0n) is 64.8. The fourth-order valence-corrected chi connectivity index (χ4v) is 12.7. The molecule has 592 valence electrons. The van der Waals surface area contributed by atoms with Gasteiger partial charge in [0.15, 0.2) is 12.2 Å². The van der Waals surface area contributed by atoms with Crippen molar-refractivity contribution in [1.29, 1.82) is 0 Å². The van der Waals surface area contributed by atoms with Crippen molar-refractivity contribution >= 4 is 39.5 Å². The quantitative estimate of drug-likeness (QED) is 0.0169. The lowest BCUT2D eigenvalue weighted by atomic mass is 10.0. The number of aliphatic hydroxyl groups is 1. The number of carbonyl (C=O) groups is 4. The summed E-state index contributed by atoms with van der Waals surface area (Å²) in [5, 5.41) is 10.6. The summed E-state index contributed by atoms with van der Waals surface area (Å²) in [7, 11) is -9.96. The first kappa shape index (κ1) is 98.2. The van der Waals surface area contributed by atoms with E-state index >= 15 is 0 Å². The molecule has 0 aromatic carbocycles. The SMILES string of the molecule is CC/C=C\C/C=C\C/C=C\C/C=C\C/C=C\CCCCCC(=O)OC[C@H](COP(=O)(O)OC[C@@H](O)COP(=O)(O)OC[C@@H](COC(=O)CCCCCCCCCCCCCCC)OC(=O)CCCCCCC/C=C\CCCCCCCC)OC(=O)CCCCCCC/C=C\CCCCCCCC. The maximum Gasteiger partial charge on any atom is 0.472 e. The van der Waals surface area contributed by atoms with Crippen molar-refractivity contribution in [2.45, 2.75) is 380 Å². The summed E-state index contributed by atoms with van der Waals surface area (Å²) in [6.07, 6.45) is 78.4. The van der Waals surface area contributed by atoms with E-state index in [0.717, 1.165) is 148 Å². The zero-order valence-corrected chi connectivity index (χ0v) is 66.6. The van der Waals surface area contributed by atoms with Gasteiger partial charge < -0.3 is 33.8 Å². The number of phosphoric acid groups is 2. The van der Waals surface area contributed by atoms with Crippen LogP contribution in [-0.4, -0.2) is 96.7 Å². The zero-order chi connectivity index (χ0) is 74.6. The average molecular weight is 1480 g/mol. The van der Waals surface area contributed by atoms with Gasteiger partial charge in [0.25, 0.3) is 0 Å². The van der Waals surface area contributed by atoms with Crippen LogP contribution in [0.5, 0.6) is 0 Å². The molecule has 0 radical (unpaired) electrons. The number of phosphoric ester groups is 2. The molecule has 19 heteroatoms. The highest BCUT2D eigenvalue weighted by atomic mass is 31.2. The molecule has 0 aliphatic rings. The number of unbranched alkanes of at least 4 members (excludes halogenated alkanes) is 37. The second-order valence-corrected chi connectivity index (χ2v) is 30.2. The Morgan fingerprint density at radius 2 is 0.510 bits per heavy atom. The summed E-state index contributed by atoms with van der Waals surface area (Å²) in [5.74, 6) is -2.20. The highest BCUT2D eigenvalue weighted by Gasteiger charge is 2.30. The lowest BCUT2D eigenvalue weighted by Crippen LogP contribution is -2.30. The largest absolute Gasteiger partial charge is 0.472 e. The minimum Gasteiger partial charge on any atom is -0.462 e. The van der Waals surface area contributed by atoms with Crippen LogP contribution >= 0.6 is 15.6 Å². The number of hydrogen-bond acceptors (Lipinski definition) is 15. The lowest BCUT2D eigenvalue weighted by molar-refractivity contribution is -0.161. The molecule has 0 aromatic rings. The van der Waals surface area contributed by atoms with Gasteiger partial charge in [0.05, 0.1) is 26.4 Å². The minimum atomic E-state index is -4.98. The Hall–Kier alpha value is -3.76. The van der Waals surface area contributed by atoms with Crippen LogP contribution in [0, 0.1) is 0 Å². The average Bonchev–Trinajstić information content (AvgIpc) is 0.920.